The van der Waals surface area contributed by atoms with Crippen LogP contribution in [0.4, 0.5) is 0 Å². The van der Waals surface area contributed by atoms with Crippen molar-refractivity contribution < 1.29 is 95.0 Å². The number of fused-ring (bicyclic) bond motifs is 5. The molecule has 20 heteroatoms. The van der Waals surface area contributed by atoms with Crippen LogP contribution in [0, 0.1) is 72.9 Å². The number of carbonyl (C=O) groups excluding carboxylic acids is 4. The molecule has 0 spiro atoms. The van der Waals surface area contributed by atoms with Crippen LogP contribution in [-0.4, -0.2) is 202 Å². The predicted molar refractivity (Wildman–Crippen MR) is 373 cm³/mol. The predicted octanol–water partition coefficient (Wildman–Crippen LogP) is 12.9. The Hall–Kier alpha value is -2.60. The lowest BCUT2D eigenvalue weighted by Crippen LogP contribution is -2.69. The van der Waals surface area contributed by atoms with Gasteiger partial charge in [0.1, 0.15) is 36.1 Å². The minimum atomic E-state index is -0.475. The zero-order chi connectivity index (χ0) is 72.4. The maximum Gasteiger partial charge on any atom is 0.312 e. The number of esters is 4. The van der Waals surface area contributed by atoms with E-state index in [-0.39, 0.29) is 85.1 Å². The third-order valence-corrected chi connectivity index (χ3v) is 26.0. The van der Waals surface area contributed by atoms with E-state index in [0.717, 1.165) is 129 Å². The Labute approximate surface area is 595 Å². The molecule has 6 heterocycles. The van der Waals surface area contributed by atoms with Crippen LogP contribution in [-0.2, 0) is 95.0 Å². The van der Waals surface area contributed by atoms with Gasteiger partial charge in [-0.05, 0) is 184 Å². The van der Waals surface area contributed by atoms with Gasteiger partial charge in [-0.3, -0.25) is 19.2 Å². The molecule has 7 aliphatic carbocycles. The van der Waals surface area contributed by atoms with Gasteiger partial charge >= 0.3 is 23.9 Å². The van der Waals surface area contributed by atoms with Crippen LogP contribution in [0.1, 0.15) is 228 Å². The van der Waals surface area contributed by atoms with Gasteiger partial charge in [-0.2, -0.15) is 0 Å². The summed E-state index contributed by atoms with van der Waals surface area (Å²) in [6.07, 6.45) is 14.8. The van der Waals surface area contributed by atoms with E-state index in [1.165, 1.54) is 19.3 Å². The fraction of sp³-hybridized carbons (Fsp3) is 0.949. The first-order valence-corrected chi connectivity index (χ1v) is 38.3. The minimum absolute atomic E-state index is 0.0275. The zero-order valence-corrected chi connectivity index (χ0v) is 65.0. The first kappa shape index (κ1) is 80.5. The number of ether oxygens (including phenoxy) is 16. The van der Waals surface area contributed by atoms with Crippen molar-refractivity contribution in [3.05, 3.63) is 0 Å². The summed E-state index contributed by atoms with van der Waals surface area (Å²) in [7, 11) is 0. The van der Waals surface area contributed by atoms with Gasteiger partial charge < -0.3 is 75.8 Å². The molecular weight excluding hydrogens is 1270 g/mol. The van der Waals surface area contributed by atoms with E-state index in [1.807, 2.05) is 90.0 Å². The Kier molecular flexibility index (Phi) is 25.3. The highest BCUT2D eigenvalue weighted by Gasteiger charge is 2.68. The lowest BCUT2D eigenvalue weighted by molar-refractivity contribution is -0.304. The fourth-order valence-electron chi connectivity index (χ4n) is 16.5. The first-order chi connectivity index (χ1) is 46.3. The lowest BCUT2D eigenvalue weighted by atomic mass is 9.50. The number of hydrogen-bond acceptors (Lipinski definition) is 20. The topological polar surface area (TPSA) is 216 Å². The van der Waals surface area contributed by atoms with E-state index in [2.05, 4.69) is 41.5 Å². The van der Waals surface area contributed by atoms with Crippen molar-refractivity contribution in [3.63, 3.8) is 0 Å². The highest BCUT2D eigenvalue weighted by Crippen LogP contribution is 2.64. The van der Waals surface area contributed by atoms with Crippen molar-refractivity contribution in [2.24, 2.45) is 72.9 Å². The van der Waals surface area contributed by atoms with E-state index >= 15 is 0 Å². The van der Waals surface area contributed by atoms with Gasteiger partial charge in [-0.1, -0.05) is 48.5 Å². The smallest absolute Gasteiger partial charge is 0.312 e. The Morgan fingerprint density at radius 3 is 1.39 bits per heavy atom. The molecule has 9 atom stereocenters. The SMILES string of the molecule is CCC(C)(C)C(=O)OC12CC3CC(OCC4(C)COC4)(CC(OCC4(C)COC4)(C3)C1)C2.CCC(C)(C)C(=O)OC1CCC2C3CC(OCCOC4(C)COC4)C(C3)C12.CCC(C)(C)C(=O)OCCOC1(C)COC1(C)C.CCC1(COCC2(COC(=O)C(C)(C)CC)COC2)COC1. The molecule has 99 heavy (non-hydrogen) atoms. The molecule has 0 radical (unpaired) electrons. The molecule has 0 aromatic carbocycles. The highest BCUT2D eigenvalue weighted by atomic mass is 16.6. The number of hydrogen-bond donors (Lipinski definition) is 0. The van der Waals surface area contributed by atoms with Crippen LogP contribution in [0.2, 0.25) is 0 Å². The molecule has 13 aliphatic rings. The summed E-state index contributed by atoms with van der Waals surface area (Å²) in [6.45, 7) is 51.2. The van der Waals surface area contributed by atoms with E-state index in [1.54, 1.807) is 0 Å². The van der Waals surface area contributed by atoms with Crippen LogP contribution in [0.5, 0.6) is 0 Å². The van der Waals surface area contributed by atoms with E-state index in [0.29, 0.717) is 116 Å². The summed E-state index contributed by atoms with van der Waals surface area (Å²) in [5, 5.41) is 0. The Bertz CT molecular complexity index is 2650. The van der Waals surface area contributed by atoms with Crippen LogP contribution >= 0.6 is 0 Å². The largest absolute Gasteiger partial charge is 0.464 e. The maximum absolute atomic E-state index is 13.2. The number of carbonyl (C=O) groups is 4. The molecule has 0 N–H and O–H groups in total. The molecule has 13 rings (SSSR count). The monoisotopic (exact) mass is 1400 g/mol. The Morgan fingerprint density at radius 1 is 0.444 bits per heavy atom. The quantitative estimate of drug-likeness (QED) is 0.0347. The summed E-state index contributed by atoms with van der Waals surface area (Å²) < 4.78 is 92.9. The third kappa shape index (κ3) is 18.6. The summed E-state index contributed by atoms with van der Waals surface area (Å²) >= 11 is 0. The van der Waals surface area contributed by atoms with Gasteiger partial charge in [0.05, 0.1) is 169 Å². The minimum Gasteiger partial charge on any atom is -0.464 e. The zero-order valence-electron chi connectivity index (χ0n) is 65.0. The van der Waals surface area contributed by atoms with Gasteiger partial charge in [-0.25, -0.2) is 0 Å². The first-order valence-electron chi connectivity index (χ1n) is 38.3. The van der Waals surface area contributed by atoms with Crippen molar-refractivity contribution in [1.82, 2.24) is 0 Å². The Morgan fingerprint density at radius 2 is 0.929 bits per heavy atom. The summed E-state index contributed by atoms with van der Waals surface area (Å²) in [4.78, 5) is 49.6. The van der Waals surface area contributed by atoms with E-state index in [9.17, 15) is 19.2 Å². The number of rotatable bonds is 32. The molecule has 570 valence electrons. The molecule has 6 bridgehead atoms. The van der Waals surface area contributed by atoms with Crippen molar-refractivity contribution >= 4 is 23.9 Å². The second kappa shape index (κ2) is 31.1. The van der Waals surface area contributed by atoms with Gasteiger partial charge in [0.15, 0.2) is 0 Å². The normalized spacial score (nSPS) is 33.8. The molecule has 13 fully saturated rings. The average Bonchev–Trinajstić information content (AvgIpc) is 1.38. The van der Waals surface area contributed by atoms with Crippen LogP contribution in [0.25, 0.3) is 0 Å². The van der Waals surface area contributed by atoms with Gasteiger partial charge in [0, 0.05) is 41.4 Å². The van der Waals surface area contributed by atoms with E-state index in [4.69, 9.17) is 75.8 Å². The fourth-order valence-corrected chi connectivity index (χ4v) is 16.5. The molecular formula is C79H134O20. The molecule has 9 unspecified atom stereocenters. The summed E-state index contributed by atoms with van der Waals surface area (Å²) in [5.74, 6) is 2.61. The molecule has 0 aromatic rings. The van der Waals surface area contributed by atoms with Crippen molar-refractivity contribution in [1.29, 1.82) is 0 Å². The molecule has 0 amide bonds. The van der Waals surface area contributed by atoms with Gasteiger partial charge in [-0.15, -0.1) is 0 Å². The third-order valence-electron chi connectivity index (χ3n) is 26.0. The molecule has 6 saturated heterocycles. The summed E-state index contributed by atoms with van der Waals surface area (Å²) in [6, 6.07) is 0. The Balaban J connectivity index is 0.000000158. The van der Waals surface area contributed by atoms with Crippen LogP contribution in [0.3, 0.4) is 0 Å². The second-order valence-corrected chi connectivity index (χ2v) is 37.4. The van der Waals surface area contributed by atoms with Crippen LogP contribution in [0.15, 0.2) is 0 Å². The van der Waals surface area contributed by atoms with Crippen molar-refractivity contribution in [2.45, 2.75) is 274 Å². The average molecular weight is 1400 g/mol. The second-order valence-electron chi connectivity index (χ2n) is 37.4. The summed E-state index contributed by atoms with van der Waals surface area (Å²) in [5.41, 5.74) is -3.16. The van der Waals surface area contributed by atoms with Gasteiger partial charge in [0.25, 0.3) is 0 Å². The van der Waals surface area contributed by atoms with E-state index < -0.39 is 21.8 Å². The molecule has 6 aliphatic heterocycles. The van der Waals surface area contributed by atoms with Crippen LogP contribution < -0.4 is 0 Å². The maximum atomic E-state index is 13.2. The standard InChI is InChI=1S/C26H42O6.C22H36O5.C17H30O5.C14H26O4/c1-6-21(2,3)20(27)32-26-9-19-7-24(11-26,30-17-22(4)13-28-14-22)10-25(8-19,12-26)31-18-23(5)15-29-16-23;1-5-21(2,3)20(23)27-17-7-6-15-14-10-16(19(15)17)18(11-14)25-8-9-26-22(4)12-24-13-22;1-5-15(3,4)14(18)22-13-17(11-21-12-17)10-20-9-16(6-2)7-19-8-16;1-7-12(2,3)11(15)16-8-9-17-14(6)10-18-13(14,4)5/h19H,6-18H2,1-5H3;14-19H,5-13H2,1-4H3;5-13H2,1-4H3;7-10H2,1-6H3. The lowest BCUT2D eigenvalue weighted by Gasteiger charge is -2.65. The van der Waals surface area contributed by atoms with Gasteiger partial charge in [0.2, 0.25) is 0 Å². The highest BCUT2D eigenvalue weighted by molar-refractivity contribution is 5.77. The van der Waals surface area contributed by atoms with Crippen molar-refractivity contribution in [3.8, 4) is 0 Å². The molecule has 7 saturated carbocycles. The molecule has 0 aromatic heterocycles. The van der Waals surface area contributed by atoms with Crippen molar-refractivity contribution in [2.75, 3.05) is 132 Å². The molecule has 20 nitrogen and oxygen atoms in total.